The van der Waals surface area contributed by atoms with E-state index in [2.05, 4.69) is 0 Å². The fourth-order valence-corrected chi connectivity index (χ4v) is 3.56. The van der Waals surface area contributed by atoms with Crippen LogP contribution in [0.2, 0.25) is 0 Å². The van der Waals surface area contributed by atoms with Crippen LogP contribution in [0, 0.1) is 5.92 Å². The number of hydrogen-bond donors (Lipinski definition) is 0. The van der Waals surface area contributed by atoms with Crippen molar-refractivity contribution in [2.24, 2.45) is 5.92 Å². The van der Waals surface area contributed by atoms with Crippen molar-refractivity contribution in [1.82, 2.24) is 4.90 Å². The molecule has 1 amide bonds. The molecule has 27 heavy (non-hydrogen) atoms. The number of ether oxygens (including phenoxy) is 2. The maximum absolute atomic E-state index is 12.3. The molecule has 1 aromatic rings. The van der Waals surface area contributed by atoms with Crippen LogP contribution in [0.3, 0.4) is 0 Å². The van der Waals surface area contributed by atoms with Crippen molar-refractivity contribution in [1.29, 1.82) is 0 Å². The minimum absolute atomic E-state index is 0.235. The molecule has 1 aliphatic heterocycles. The normalized spacial score (nSPS) is 16.7. The monoisotopic (exact) mass is 395 g/mol. The molecule has 1 unspecified atom stereocenters. The Balaban J connectivity index is 1.79. The van der Waals surface area contributed by atoms with E-state index in [4.69, 9.17) is 9.47 Å². The molecule has 7 heteroatoms. The predicted octanol–water partition coefficient (Wildman–Crippen LogP) is 3.37. The van der Waals surface area contributed by atoms with Crippen molar-refractivity contribution in [3.8, 4) is 0 Å². The van der Waals surface area contributed by atoms with Gasteiger partial charge in [-0.15, -0.1) is 0 Å². The number of benzene rings is 1. The molecule has 0 N–H and O–H groups in total. The molecule has 0 bridgehead atoms. The van der Waals surface area contributed by atoms with Crippen LogP contribution in [0.15, 0.2) is 24.3 Å². The van der Waals surface area contributed by atoms with E-state index in [1.165, 1.54) is 0 Å². The lowest BCUT2D eigenvalue weighted by atomic mass is 9.98. The van der Waals surface area contributed by atoms with Gasteiger partial charge in [-0.2, -0.15) is 0 Å². The molecule has 0 radical (unpaired) electrons. The molecule has 2 rings (SSSR count). The van der Waals surface area contributed by atoms with Crippen LogP contribution in [0.25, 0.3) is 0 Å². The number of amides is 1. The van der Waals surface area contributed by atoms with Crippen LogP contribution in [0.4, 0.5) is 4.79 Å². The third-order valence-electron chi connectivity index (χ3n) is 4.25. The van der Waals surface area contributed by atoms with Gasteiger partial charge in [0.2, 0.25) is 0 Å². The van der Waals surface area contributed by atoms with E-state index in [0.717, 1.165) is 18.4 Å². The SMILES string of the molecule is CS(=O)Cc1cccc(C(=O)OCC2CCN(C(=O)OC(C)(C)C)CC2)c1. The molecule has 0 aromatic heterocycles. The quantitative estimate of drug-likeness (QED) is 0.715. The fraction of sp³-hybridized carbons (Fsp3) is 0.600. The number of carbonyl (C=O) groups is 2. The van der Waals surface area contributed by atoms with Gasteiger partial charge in [0.25, 0.3) is 0 Å². The van der Waals surface area contributed by atoms with E-state index < -0.39 is 16.4 Å². The number of rotatable bonds is 5. The first-order chi connectivity index (χ1) is 12.6. The highest BCUT2D eigenvalue weighted by molar-refractivity contribution is 7.83. The summed E-state index contributed by atoms with van der Waals surface area (Å²) in [5.74, 6) is 0.289. The zero-order valence-electron chi connectivity index (χ0n) is 16.5. The van der Waals surface area contributed by atoms with Crippen molar-refractivity contribution in [3.63, 3.8) is 0 Å². The largest absolute Gasteiger partial charge is 0.462 e. The topological polar surface area (TPSA) is 72.9 Å². The summed E-state index contributed by atoms with van der Waals surface area (Å²) < 4.78 is 22.2. The number of esters is 1. The lowest BCUT2D eigenvalue weighted by Crippen LogP contribution is -2.42. The van der Waals surface area contributed by atoms with E-state index in [1.807, 2.05) is 26.8 Å². The Morgan fingerprint density at radius 3 is 2.48 bits per heavy atom. The van der Waals surface area contributed by atoms with E-state index in [1.54, 1.807) is 29.4 Å². The number of likely N-dealkylation sites (tertiary alicyclic amines) is 1. The van der Waals surface area contributed by atoms with Crippen molar-refractivity contribution >= 4 is 22.9 Å². The lowest BCUT2D eigenvalue weighted by molar-refractivity contribution is 0.0115. The Labute approximate surface area is 163 Å². The van der Waals surface area contributed by atoms with Crippen molar-refractivity contribution in [3.05, 3.63) is 35.4 Å². The molecule has 1 saturated heterocycles. The van der Waals surface area contributed by atoms with Gasteiger partial charge in [0.15, 0.2) is 0 Å². The zero-order chi connectivity index (χ0) is 20.0. The summed E-state index contributed by atoms with van der Waals surface area (Å²) in [5.41, 5.74) is 0.836. The lowest BCUT2D eigenvalue weighted by Gasteiger charge is -2.33. The molecule has 0 saturated carbocycles. The molecular formula is C20H29NO5S. The van der Waals surface area contributed by atoms with Crippen LogP contribution in [0.5, 0.6) is 0 Å². The van der Waals surface area contributed by atoms with Gasteiger partial charge in [0, 0.05) is 35.9 Å². The molecule has 1 atom stereocenters. The Bertz CT molecular complexity index is 690. The predicted molar refractivity (Wildman–Crippen MR) is 105 cm³/mol. The molecular weight excluding hydrogens is 366 g/mol. The van der Waals surface area contributed by atoms with Gasteiger partial charge in [-0.1, -0.05) is 12.1 Å². The van der Waals surface area contributed by atoms with Gasteiger partial charge in [-0.05, 0) is 57.2 Å². The van der Waals surface area contributed by atoms with Gasteiger partial charge in [-0.25, -0.2) is 9.59 Å². The first-order valence-corrected chi connectivity index (χ1v) is 10.9. The highest BCUT2D eigenvalue weighted by Crippen LogP contribution is 2.20. The molecule has 1 fully saturated rings. The summed E-state index contributed by atoms with van der Waals surface area (Å²) in [5, 5.41) is 0. The highest BCUT2D eigenvalue weighted by atomic mass is 32.2. The Hall–Kier alpha value is -1.89. The third-order valence-corrected chi connectivity index (χ3v) is 4.99. The smallest absolute Gasteiger partial charge is 0.410 e. The molecule has 1 heterocycles. The maximum Gasteiger partial charge on any atom is 0.410 e. The second kappa shape index (κ2) is 9.35. The molecule has 0 spiro atoms. The molecule has 6 nitrogen and oxygen atoms in total. The van der Waals surface area contributed by atoms with Crippen LogP contribution < -0.4 is 0 Å². The fourth-order valence-electron chi connectivity index (χ4n) is 2.91. The van der Waals surface area contributed by atoms with E-state index >= 15 is 0 Å². The summed E-state index contributed by atoms with van der Waals surface area (Å²) in [6.07, 6.45) is 2.90. The average molecular weight is 396 g/mol. The molecule has 1 aromatic carbocycles. The Kier molecular flexibility index (Phi) is 7.41. The van der Waals surface area contributed by atoms with E-state index in [-0.39, 0.29) is 18.0 Å². The van der Waals surface area contributed by atoms with Crippen LogP contribution in [0.1, 0.15) is 49.5 Å². The van der Waals surface area contributed by atoms with E-state index in [9.17, 15) is 13.8 Å². The van der Waals surface area contributed by atoms with Gasteiger partial charge >= 0.3 is 12.1 Å². The standard InChI is InChI=1S/C20H29NO5S/c1-20(2,3)26-19(23)21-10-8-15(9-11-21)13-25-18(22)17-7-5-6-16(12-17)14-27(4)24/h5-7,12,15H,8-11,13-14H2,1-4H3. The van der Waals surface area contributed by atoms with Gasteiger partial charge in [-0.3, -0.25) is 4.21 Å². The van der Waals surface area contributed by atoms with Gasteiger partial charge < -0.3 is 14.4 Å². The second-order valence-electron chi connectivity index (χ2n) is 7.93. The molecule has 0 aliphatic carbocycles. The number of nitrogens with zero attached hydrogens (tertiary/aromatic N) is 1. The van der Waals surface area contributed by atoms with Crippen LogP contribution in [-0.4, -0.2) is 52.7 Å². The number of piperidine rings is 1. The van der Waals surface area contributed by atoms with Crippen LogP contribution in [-0.2, 0) is 26.0 Å². The first-order valence-electron chi connectivity index (χ1n) is 9.18. The third kappa shape index (κ3) is 7.33. The van der Waals surface area contributed by atoms with Crippen molar-refractivity contribution < 1.29 is 23.3 Å². The average Bonchev–Trinajstić information content (AvgIpc) is 2.58. The molecule has 150 valence electrons. The summed E-state index contributed by atoms with van der Waals surface area (Å²) in [4.78, 5) is 26.1. The Morgan fingerprint density at radius 2 is 1.89 bits per heavy atom. The van der Waals surface area contributed by atoms with Gasteiger partial charge in [0.05, 0.1) is 12.2 Å². The summed E-state index contributed by atoms with van der Waals surface area (Å²) >= 11 is 0. The summed E-state index contributed by atoms with van der Waals surface area (Å²) in [7, 11) is -0.954. The van der Waals surface area contributed by atoms with Crippen molar-refractivity contribution in [2.45, 2.75) is 45.0 Å². The minimum Gasteiger partial charge on any atom is -0.462 e. The summed E-state index contributed by atoms with van der Waals surface area (Å²) in [6, 6.07) is 7.06. The van der Waals surface area contributed by atoms with Crippen molar-refractivity contribution in [2.75, 3.05) is 26.0 Å². The van der Waals surface area contributed by atoms with Crippen LogP contribution >= 0.6 is 0 Å². The first kappa shape index (κ1) is 21.4. The number of hydrogen-bond acceptors (Lipinski definition) is 5. The van der Waals surface area contributed by atoms with E-state index in [0.29, 0.717) is 31.0 Å². The summed E-state index contributed by atoms with van der Waals surface area (Å²) in [6.45, 7) is 7.10. The number of carbonyl (C=O) groups excluding carboxylic acids is 2. The maximum atomic E-state index is 12.3. The Morgan fingerprint density at radius 1 is 1.22 bits per heavy atom. The highest BCUT2D eigenvalue weighted by Gasteiger charge is 2.27. The molecule has 1 aliphatic rings. The zero-order valence-corrected chi connectivity index (χ0v) is 17.3. The second-order valence-corrected chi connectivity index (χ2v) is 9.36. The van der Waals surface area contributed by atoms with Gasteiger partial charge in [0.1, 0.15) is 5.60 Å². The minimum atomic E-state index is -0.954.